The van der Waals surface area contributed by atoms with Gasteiger partial charge in [0.1, 0.15) is 11.1 Å². The Morgan fingerprint density at radius 2 is 1.70 bits per heavy atom. The molecule has 0 N–H and O–H groups in total. The zero-order valence-corrected chi connectivity index (χ0v) is 15.5. The number of hydrogen-bond donors (Lipinski definition) is 0. The molecule has 0 spiro atoms. The van der Waals surface area contributed by atoms with Crippen molar-refractivity contribution in [2.45, 2.75) is 44.7 Å². The number of pyridine rings is 1. The number of benzene rings is 2. The molecular weight excluding hydrogens is 349 g/mol. The number of hydrogen-bond acceptors (Lipinski definition) is 1. The Kier molecular flexibility index (Phi) is 2.66. The van der Waals surface area contributed by atoms with Gasteiger partial charge < -0.3 is 0 Å². The predicted octanol–water partition coefficient (Wildman–Crippen LogP) is 6.06. The molecule has 138 valence electrons. The van der Waals surface area contributed by atoms with Gasteiger partial charge in [0.25, 0.3) is 0 Å². The highest BCUT2D eigenvalue weighted by molar-refractivity contribution is 6.14. The van der Waals surface area contributed by atoms with Crippen LogP contribution in [0.1, 0.15) is 39.0 Å². The van der Waals surface area contributed by atoms with Crippen LogP contribution in [0.25, 0.3) is 27.3 Å². The molecule has 0 amide bonds. The number of fused-ring (bicyclic) bond motifs is 3. The van der Waals surface area contributed by atoms with Gasteiger partial charge in [-0.2, -0.15) is 13.2 Å². The third kappa shape index (κ3) is 1.67. The first-order valence-corrected chi connectivity index (χ1v) is 8.92. The summed E-state index contributed by atoms with van der Waals surface area (Å²) >= 11 is 0. The molecule has 5 heteroatoms. The maximum atomic E-state index is 14.6. The first-order valence-electron chi connectivity index (χ1n) is 9.42. The fraction of sp³-hybridized carbons (Fsp3) is 0.318. The van der Waals surface area contributed by atoms with Gasteiger partial charge in [0.05, 0.1) is 18.8 Å². The minimum Gasteiger partial charge on any atom is -0.295 e. The van der Waals surface area contributed by atoms with Crippen molar-refractivity contribution in [1.82, 2.24) is 9.38 Å². The highest BCUT2D eigenvalue weighted by Gasteiger charge is 2.64. The van der Waals surface area contributed by atoms with Crippen molar-refractivity contribution in [2.24, 2.45) is 0 Å². The number of halogens is 3. The van der Waals surface area contributed by atoms with Crippen molar-refractivity contribution < 1.29 is 14.5 Å². The van der Waals surface area contributed by atoms with Crippen molar-refractivity contribution in [1.29, 1.82) is 0 Å². The van der Waals surface area contributed by atoms with Gasteiger partial charge in [-0.3, -0.25) is 4.40 Å². The Balaban J connectivity index is 2.21. The van der Waals surface area contributed by atoms with Gasteiger partial charge in [0.15, 0.2) is 0 Å². The topological polar surface area (TPSA) is 17.3 Å². The summed E-state index contributed by atoms with van der Waals surface area (Å²) in [5.41, 5.74) is -0.800. The Morgan fingerprint density at radius 1 is 1.04 bits per heavy atom. The van der Waals surface area contributed by atoms with Crippen molar-refractivity contribution in [3.8, 4) is 0 Å². The molecule has 2 nitrogen and oxygen atoms in total. The van der Waals surface area contributed by atoms with E-state index in [1.807, 2.05) is 43.3 Å². The SMILES string of the molecule is [2H]c1nc2c3ccccc3c3c(C)ccc4c3n2c1C(C)(C(F)(F)F)C4(C)C. The maximum Gasteiger partial charge on any atom is 0.400 e. The molecule has 1 unspecified atom stereocenters. The van der Waals surface area contributed by atoms with Crippen LogP contribution in [-0.2, 0) is 10.8 Å². The zero-order valence-electron chi connectivity index (χ0n) is 16.5. The van der Waals surface area contributed by atoms with E-state index in [9.17, 15) is 13.2 Å². The van der Waals surface area contributed by atoms with Crippen molar-refractivity contribution in [3.05, 3.63) is 59.4 Å². The van der Waals surface area contributed by atoms with Gasteiger partial charge in [-0.15, -0.1) is 0 Å². The van der Waals surface area contributed by atoms with Crippen LogP contribution < -0.4 is 0 Å². The number of imidazole rings is 1. The van der Waals surface area contributed by atoms with Crippen molar-refractivity contribution in [2.75, 3.05) is 0 Å². The fourth-order valence-electron chi connectivity index (χ4n) is 4.76. The summed E-state index contributed by atoms with van der Waals surface area (Å²) in [6.45, 7) is 6.43. The molecule has 27 heavy (non-hydrogen) atoms. The lowest BCUT2D eigenvalue weighted by Gasteiger charge is -2.48. The largest absolute Gasteiger partial charge is 0.400 e. The van der Waals surface area contributed by atoms with Crippen LogP contribution in [0, 0.1) is 6.92 Å². The van der Waals surface area contributed by atoms with Crippen LogP contribution in [0.15, 0.2) is 42.6 Å². The molecule has 2 aromatic carbocycles. The van der Waals surface area contributed by atoms with Crippen LogP contribution in [0.4, 0.5) is 13.2 Å². The minimum atomic E-state index is -4.54. The van der Waals surface area contributed by atoms with E-state index in [-0.39, 0.29) is 11.9 Å². The van der Waals surface area contributed by atoms with Gasteiger partial charge in [-0.05, 0) is 30.4 Å². The normalized spacial score (nSPS) is 22.1. The number of rotatable bonds is 0. The zero-order chi connectivity index (χ0) is 20.2. The molecule has 2 aromatic heterocycles. The summed E-state index contributed by atoms with van der Waals surface area (Å²) in [5, 5.41) is 2.64. The lowest BCUT2D eigenvalue weighted by molar-refractivity contribution is -0.205. The average molecular weight is 369 g/mol. The summed E-state index contributed by atoms with van der Waals surface area (Å²) in [4.78, 5) is 4.33. The van der Waals surface area contributed by atoms with Crippen LogP contribution >= 0.6 is 0 Å². The lowest BCUT2D eigenvalue weighted by atomic mass is 9.59. The summed E-state index contributed by atoms with van der Waals surface area (Å²) < 4.78 is 53.7. The van der Waals surface area contributed by atoms with E-state index in [0.29, 0.717) is 11.2 Å². The van der Waals surface area contributed by atoms with Crippen molar-refractivity contribution >= 4 is 27.3 Å². The summed E-state index contributed by atoms with van der Waals surface area (Å²) in [6, 6.07) is 11.3. The molecule has 5 rings (SSSR count). The van der Waals surface area contributed by atoms with Gasteiger partial charge in [-0.1, -0.05) is 50.2 Å². The van der Waals surface area contributed by atoms with E-state index in [0.717, 1.165) is 27.2 Å². The Bertz CT molecular complexity index is 1320. The van der Waals surface area contributed by atoms with E-state index >= 15 is 0 Å². The highest BCUT2D eigenvalue weighted by atomic mass is 19.4. The standard InChI is InChI=1S/C22H19F3N2/c1-12-9-10-15-18-17(12)13-7-5-6-8-14(13)19-26-11-16(27(18)19)21(4,20(15,2)3)22(23,24)25/h5-11H,1-4H3/i11D. The lowest BCUT2D eigenvalue weighted by Crippen LogP contribution is -2.55. The van der Waals surface area contributed by atoms with E-state index in [2.05, 4.69) is 4.98 Å². The van der Waals surface area contributed by atoms with Gasteiger partial charge >= 0.3 is 6.18 Å². The Hall–Kier alpha value is -2.56. The molecule has 4 aromatic rings. The maximum absolute atomic E-state index is 14.6. The van der Waals surface area contributed by atoms with Crippen LogP contribution in [0.3, 0.4) is 0 Å². The molecule has 0 fully saturated rings. The van der Waals surface area contributed by atoms with Crippen LogP contribution in [-0.4, -0.2) is 15.6 Å². The Labute approximate surface area is 156 Å². The number of nitrogens with zero attached hydrogens (tertiary/aromatic N) is 2. The molecule has 1 aliphatic heterocycles. The number of aromatic nitrogens is 2. The summed E-state index contributed by atoms with van der Waals surface area (Å²) in [6.07, 6.45) is -4.85. The van der Waals surface area contributed by atoms with E-state index < -0.39 is 17.0 Å². The molecule has 1 atom stereocenters. The predicted molar refractivity (Wildman–Crippen MR) is 101 cm³/mol. The quantitative estimate of drug-likeness (QED) is 0.344. The molecule has 3 heterocycles. The molecule has 0 aliphatic carbocycles. The third-order valence-electron chi connectivity index (χ3n) is 6.71. The second-order valence-electron chi connectivity index (χ2n) is 8.18. The minimum absolute atomic E-state index is 0.0751. The van der Waals surface area contributed by atoms with Crippen LogP contribution in [0.5, 0.6) is 0 Å². The first kappa shape index (κ1) is 15.5. The highest BCUT2D eigenvalue weighted by Crippen LogP contribution is 2.58. The van der Waals surface area contributed by atoms with Gasteiger partial charge in [0.2, 0.25) is 0 Å². The summed E-state index contributed by atoms with van der Waals surface area (Å²) in [5.74, 6) is 0. The Morgan fingerprint density at radius 3 is 2.37 bits per heavy atom. The average Bonchev–Trinajstić information content (AvgIpc) is 2.96. The molecule has 0 saturated heterocycles. The van der Waals surface area contributed by atoms with Crippen molar-refractivity contribution in [3.63, 3.8) is 0 Å². The first-order chi connectivity index (χ1) is 13.0. The monoisotopic (exact) mass is 369 g/mol. The fourth-order valence-corrected chi connectivity index (χ4v) is 4.76. The second-order valence-corrected chi connectivity index (χ2v) is 8.18. The molecule has 0 radical (unpaired) electrons. The summed E-state index contributed by atoms with van der Waals surface area (Å²) in [7, 11) is 0. The smallest absolute Gasteiger partial charge is 0.295 e. The van der Waals surface area contributed by atoms with Gasteiger partial charge in [0, 0.05) is 16.2 Å². The molecular formula is C22H19F3N2. The van der Waals surface area contributed by atoms with E-state index in [1.54, 1.807) is 18.2 Å². The number of aryl methyl sites for hydroxylation is 1. The molecule has 1 aliphatic rings. The van der Waals surface area contributed by atoms with E-state index in [1.165, 1.54) is 6.92 Å². The molecule has 0 saturated carbocycles. The third-order valence-corrected chi connectivity index (χ3v) is 6.71. The van der Waals surface area contributed by atoms with Crippen LogP contribution in [0.2, 0.25) is 0 Å². The van der Waals surface area contributed by atoms with Gasteiger partial charge in [-0.25, -0.2) is 4.98 Å². The number of alkyl halides is 3. The molecule has 0 bridgehead atoms. The van der Waals surface area contributed by atoms with E-state index in [4.69, 9.17) is 1.37 Å². The second kappa shape index (κ2) is 4.64.